The molecule has 21 heavy (non-hydrogen) atoms. The lowest BCUT2D eigenvalue weighted by Gasteiger charge is -2.49. The summed E-state index contributed by atoms with van der Waals surface area (Å²) in [6, 6.07) is 7.40. The number of hydrogen-bond acceptors (Lipinski definition) is 3. The van der Waals surface area contributed by atoms with Crippen molar-refractivity contribution in [3.05, 3.63) is 41.2 Å². The van der Waals surface area contributed by atoms with Crippen LogP contribution >= 0.6 is 11.6 Å². The van der Waals surface area contributed by atoms with Gasteiger partial charge in [0.1, 0.15) is 5.15 Å². The molecule has 1 heterocycles. The third-order valence-electron chi connectivity index (χ3n) is 4.51. The van der Waals surface area contributed by atoms with Gasteiger partial charge in [-0.25, -0.2) is 4.98 Å². The number of aliphatic hydroxyl groups is 1. The molecule has 0 saturated heterocycles. The molecule has 1 saturated carbocycles. The van der Waals surface area contributed by atoms with Crippen molar-refractivity contribution < 1.29 is 9.90 Å². The number of benzene rings is 1. The van der Waals surface area contributed by atoms with Crippen molar-refractivity contribution in [2.24, 2.45) is 5.41 Å². The van der Waals surface area contributed by atoms with E-state index in [0.29, 0.717) is 17.1 Å². The molecule has 0 spiro atoms. The van der Waals surface area contributed by atoms with E-state index in [1.54, 1.807) is 0 Å². The SMILES string of the molecule is CC1(C)C(O)CC1NC(=O)c1cnc(Cl)c2ccccc12. The van der Waals surface area contributed by atoms with E-state index in [9.17, 15) is 9.90 Å². The summed E-state index contributed by atoms with van der Waals surface area (Å²) in [5.41, 5.74) is 0.206. The van der Waals surface area contributed by atoms with Crippen LogP contribution in [-0.2, 0) is 0 Å². The predicted octanol–water partition coefficient (Wildman–Crippen LogP) is 2.78. The average molecular weight is 305 g/mol. The van der Waals surface area contributed by atoms with Crippen molar-refractivity contribution in [1.29, 1.82) is 0 Å². The molecule has 5 heteroatoms. The number of nitrogens with one attached hydrogen (secondary N) is 1. The third kappa shape index (κ3) is 2.28. The number of nitrogens with zero attached hydrogens (tertiary/aromatic N) is 1. The van der Waals surface area contributed by atoms with Crippen LogP contribution < -0.4 is 5.32 Å². The fourth-order valence-electron chi connectivity index (χ4n) is 2.72. The van der Waals surface area contributed by atoms with Crippen LogP contribution in [0.25, 0.3) is 10.8 Å². The molecule has 0 radical (unpaired) electrons. The van der Waals surface area contributed by atoms with Crippen molar-refractivity contribution in [3.8, 4) is 0 Å². The Hall–Kier alpha value is -1.65. The van der Waals surface area contributed by atoms with Gasteiger partial charge < -0.3 is 10.4 Å². The molecule has 0 aliphatic heterocycles. The van der Waals surface area contributed by atoms with Gasteiger partial charge in [0.15, 0.2) is 0 Å². The maximum atomic E-state index is 12.5. The summed E-state index contributed by atoms with van der Waals surface area (Å²) in [7, 11) is 0. The summed E-state index contributed by atoms with van der Waals surface area (Å²) < 4.78 is 0. The fourth-order valence-corrected chi connectivity index (χ4v) is 2.94. The highest BCUT2D eigenvalue weighted by molar-refractivity contribution is 6.34. The number of amides is 1. The maximum Gasteiger partial charge on any atom is 0.253 e. The van der Waals surface area contributed by atoms with E-state index in [1.807, 2.05) is 38.1 Å². The van der Waals surface area contributed by atoms with Crippen LogP contribution in [0.5, 0.6) is 0 Å². The minimum absolute atomic E-state index is 0.0329. The molecule has 1 aromatic heterocycles. The van der Waals surface area contributed by atoms with E-state index in [4.69, 9.17) is 11.6 Å². The quantitative estimate of drug-likeness (QED) is 0.839. The number of rotatable bonds is 2. The summed E-state index contributed by atoms with van der Waals surface area (Å²) in [5.74, 6) is -0.180. The molecule has 1 aliphatic rings. The van der Waals surface area contributed by atoms with E-state index in [0.717, 1.165) is 10.8 Å². The fraction of sp³-hybridized carbons (Fsp3) is 0.375. The molecule has 1 aromatic carbocycles. The average Bonchev–Trinajstić information content (AvgIpc) is 2.47. The molecule has 2 aromatic rings. The van der Waals surface area contributed by atoms with E-state index in [1.165, 1.54) is 6.20 Å². The van der Waals surface area contributed by atoms with Gasteiger partial charge in [0.2, 0.25) is 0 Å². The number of fused-ring (bicyclic) bond motifs is 1. The van der Waals surface area contributed by atoms with Gasteiger partial charge in [-0.1, -0.05) is 49.7 Å². The van der Waals surface area contributed by atoms with Gasteiger partial charge in [-0.3, -0.25) is 4.79 Å². The van der Waals surface area contributed by atoms with Crippen LogP contribution in [0.15, 0.2) is 30.5 Å². The second-order valence-corrected chi connectivity index (χ2v) is 6.47. The molecule has 2 N–H and O–H groups in total. The Labute approximate surface area is 128 Å². The minimum Gasteiger partial charge on any atom is -0.392 e. The summed E-state index contributed by atoms with van der Waals surface area (Å²) in [6.45, 7) is 3.90. The maximum absolute atomic E-state index is 12.5. The van der Waals surface area contributed by atoms with Gasteiger partial charge in [0.05, 0.1) is 11.7 Å². The van der Waals surface area contributed by atoms with Crippen LogP contribution in [0.1, 0.15) is 30.6 Å². The van der Waals surface area contributed by atoms with Crippen molar-refractivity contribution in [2.45, 2.75) is 32.4 Å². The van der Waals surface area contributed by atoms with Gasteiger partial charge in [-0.15, -0.1) is 0 Å². The Morgan fingerprint density at radius 3 is 2.67 bits per heavy atom. The Bertz CT molecular complexity index is 714. The second-order valence-electron chi connectivity index (χ2n) is 6.11. The minimum atomic E-state index is -0.372. The monoisotopic (exact) mass is 304 g/mol. The molecule has 2 atom stereocenters. The van der Waals surface area contributed by atoms with E-state index in [-0.39, 0.29) is 23.5 Å². The van der Waals surface area contributed by atoms with Crippen molar-refractivity contribution >= 4 is 28.3 Å². The molecular weight excluding hydrogens is 288 g/mol. The molecule has 1 amide bonds. The number of pyridine rings is 1. The molecule has 2 unspecified atom stereocenters. The van der Waals surface area contributed by atoms with Crippen LogP contribution in [0.4, 0.5) is 0 Å². The summed E-state index contributed by atoms with van der Waals surface area (Å²) in [4.78, 5) is 16.6. The summed E-state index contributed by atoms with van der Waals surface area (Å²) >= 11 is 6.07. The zero-order chi connectivity index (χ0) is 15.2. The Morgan fingerprint density at radius 2 is 2.05 bits per heavy atom. The number of hydrogen-bond donors (Lipinski definition) is 2. The largest absolute Gasteiger partial charge is 0.392 e. The second kappa shape index (κ2) is 4.97. The number of carbonyl (C=O) groups is 1. The highest BCUT2D eigenvalue weighted by atomic mass is 35.5. The van der Waals surface area contributed by atoms with Crippen LogP contribution in [0, 0.1) is 5.41 Å². The van der Waals surface area contributed by atoms with E-state index < -0.39 is 0 Å². The first-order chi connectivity index (χ1) is 9.91. The Kier molecular flexibility index (Phi) is 3.38. The topological polar surface area (TPSA) is 62.2 Å². The highest BCUT2D eigenvalue weighted by Crippen LogP contribution is 2.40. The van der Waals surface area contributed by atoms with Gasteiger partial charge in [-0.2, -0.15) is 0 Å². The number of carbonyl (C=O) groups excluding carboxylic acids is 1. The normalized spacial score (nSPS) is 23.6. The lowest BCUT2D eigenvalue weighted by molar-refractivity contribution is -0.0689. The molecule has 110 valence electrons. The van der Waals surface area contributed by atoms with Crippen molar-refractivity contribution in [2.75, 3.05) is 0 Å². The summed E-state index contributed by atoms with van der Waals surface area (Å²) in [6.07, 6.45) is 1.71. The van der Waals surface area contributed by atoms with E-state index in [2.05, 4.69) is 10.3 Å². The Morgan fingerprint density at radius 1 is 1.38 bits per heavy atom. The molecule has 1 fully saturated rings. The molecule has 0 bridgehead atoms. The van der Waals surface area contributed by atoms with Crippen molar-refractivity contribution in [3.63, 3.8) is 0 Å². The number of halogens is 1. The molecule has 1 aliphatic carbocycles. The first kappa shape index (κ1) is 14.3. The van der Waals surface area contributed by atoms with Gasteiger partial charge in [0, 0.05) is 23.0 Å². The van der Waals surface area contributed by atoms with Crippen LogP contribution in [-0.4, -0.2) is 28.1 Å². The van der Waals surface area contributed by atoms with Crippen LogP contribution in [0.2, 0.25) is 5.15 Å². The van der Waals surface area contributed by atoms with E-state index >= 15 is 0 Å². The number of aliphatic hydroxyl groups excluding tert-OH is 1. The number of aromatic nitrogens is 1. The standard InChI is InChI=1S/C16H17ClN2O2/c1-16(2)12(7-13(16)20)19-15(21)11-8-18-14(17)10-6-4-3-5-9(10)11/h3-6,8,12-13,20H,7H2,1-2H3,(H,19,21). The van der Waals surface area contributed by atoms with Gasteiger partial charge in [-0.05, 0) is 11.8 Å². The first-order valence-electron chi connectivity index (χ1n) is 6.93. The first-order valence-corrected chi connectivity index (χ1v) is 7.31. The lowest BCUT2D eigenvalue weighted by atomic mass is 9.64. The zero-order valence-corrected chi connectivity index (χ0v) is 12.7. The van der Waals surface area contributed by atoms with Crippen molar-refractivity contribution in [1.82, 2.24) is 10.3 Å². The lowest BCUT2D eigenvalue weighted by Crippen LogP contribution is -2.61. The zero-order valence-electron chi connectivity index (χ0n) is 11.9. The van der Waals surface area contributed by atoms with Gasteiger partial charge in [0.25, 0.3) is 5.91 Å². The smallest absolute Gasteiger partial charge is 0.253 e. The Balaban J connectivity index is 1.91. The molecule has 3 rings (SSSR count). The summed E-state index contributed by atoms with van der Waals surface area (Å²) in [5, 5.41) is 14.7. The predicted molar refractivity (Wildman–Crippen MR) is 82.4 cm³/mol. The van der Waals surface area contributed by atoms with Crippen LogP contribution in [0.3, 0.4) is 0 Å². The molecule has 4 nitrogen and oxygen atoms in total. The molecular formula is C16H17ClN2O2. The van der Waals surface area contributed by atoms with Gasteiger partial charge >= 0.3 is 0 Å². The highest BCUT2D eigenvalue weighted by Gasteiger charge is 2.48. The third-order valence-corrected chi connectivity index (χ3v) is 4.81.